The maximum absolute atomic E-state index is 12.4. The second kappa shape index (κ2) is 9.35. The molecule has 29 heavy (non-hydrogen) atoms. The van der Waals surface area contributed by atoms with Crippen LogP contribution in [0.2, 0.25) is 0 Å². The van der Waals surface area contributed by atoms with Crippen LogP contribution in [-0.2, 0) is 4.79 Å². The number of ether oxygens (including phenoxy) is 2. The molecule has 156 valence electrons. The highest BCUT2D eigenvalue weighted by Crippen LogP contribution is 2.29. The Bertz CT molecular complexity index is 837. The molecule has 10 heteroatoms. The predicted molar refractivity (Wildman–Crippen MR) is 99.0 cm³/mol. The molecule has 2 amide bonds. The van der Waals surface area contributed by atoms with Crippen LogP contribution in [-0.4, -0.2) is 59.6 Å². The zero-order valence-corrected chi connectivity index (χ0v) is 15.9. The fraction of sp³-hybridized carbons (Fsp3) is 0.421. The Morgan fingerprint density at radius 2 is 2.03 bits per heavy atom. The van der Waals surface area contributed by atoms with E-state index in [2.05, 4.69) is 15.0 Å². The Labute approximate surface area is 166 Å². The molecule has 1 fully saturated rings. The molecule has 0 radical (unpaired) electrons. The van der Waals surface area contributed by atoms with E-state index in [4.69, 9.17) is 4.74 Å². The average molecular weight is 408 g/mol. The van der Waals surface area contributed by atoms with Crippen molar-refractivity contribution in [3.05, 3.63) is 42.5 Å². The first-order valence-electron chi connectivity index (χ1n) is 9.14. The van der Waals surface area contributed by atoms with Crippen molar-refractivity contribution in [2.75, 3.05) is 26.7 Å². The first-order valence-corrected chi connectivity index (χ1v) is 9.14. The molecule has 8 nitrogen and oxygen atoms in total. The lowest BCUT2D eigenvalue weighted by molar-refractivity contribution is -0.131. The van der Waals surface area contributed by atoms with Gasteiger partial charge in [-0.25, -0.2) is 4.98 Å². The van der Waals surface area contributed by atoms with Crippen molar-refractivity contribution >= 4 is 11.8 Å². The Morgan fingerprint density at radius 1 is 1.28 bits per heavy atom. The third-order valence-electron chi connectivity index (χ3n) is 4.81. The summed E-state index contributed by atoms with van der Waals surface area (Å²) >= 11 is 0. The van der Waals surface area contributed by atoms with E-state index in [-0.39, 0.29) is 29.5 Å². The number of hydrogen-bond acceptors (Lipinski definition) is 5. The van der Waals surface area contributed by atoms with Crippen molar-refractivity contribution in [3.63, 3.8) is 0 Å². The zero-order chi connectivity index (χ0) is 20.8. The lowest BCUT2D eigenvalue weighted by Crippen LogP contribution is -2.44. The Balaban J connectivity index is 1.50. The molecular formula is C19H22F2N4O4. The van der Waals surface area contributed by atoms with Crippen LogP contribution in [0.5, 0.6) is 11.5 Å². The van der Waals surface area contributed by atoms with Crippen LogP contribution in [0.4, 0.5) is 8.78 Å². The van der Waals surface area contributed by atoms with Gasteiger partial charge in [0, 0.05) is 37.1 Å². The van der Waals surface area contributed by atoms with E-state index < -0.39 is 12.5 Å². The van der Waals surface area contributed by atoms with Gasteiger partial charge in [-0.05, 0) is 31.0 Å². The minimum absolute atomic E-state index is 0.00542. The molecule has 2 aromatic rings. The SMILES string of the molecule is COc1cc(C(=O)NCC(=O)N2CCC(n3ccnc3)CC2)ccc1OC(F)F. The highest BCUT2D eigenvalue weighted by molar-refractivity contribution is 5.97. The molecule has 2 heterocycles. The molecule has 1 aromatic heterocycles. The van der Waals surface area contributed by atoms with Crippen LogP contribution in [0.3, 0.4) is 0 Å². The third kappa shape index (κ3) is 5.21. The van der Waals surface area contributed by atoms with Gasteiger partial charge in [-0.3, -0.25) is 9.59 Å². The number of nitrogens with one attached hydrogen (secondary N) is 1. The Hall–Kier alpha value is -3.17. The quantitative estimate of drug-likeness (QED) is 0.758. The molecule has 0 spiro atoms. The minimum atomic E-state index is -3.00. The molecule has 1 aliphatic rings. The smallest absolute Gasteiger partial charge is 0.387 e. The summed E-state index contributed by atoms with van der Waals surface area (Å²) in [4.78, 5) is 30.5. The number of halogens is 2. The van der Waals surface area contributed by atoms with E-state index in [1.165, 1.54) is 25.3 Å². The fourth-order valence-electron chi connectivity index (χ4n) is 3.27. The number of carbonyl (C=O) groups is 2. The number of amides is 2. The van der Waals surface area contributed by atoms with Gasteiger partial charge >= 0.3 is 6.61 Å². The van der Waals surface area contributed by atoms with Gasteiger partial charge in [0.2, 0.25) is 5.91 Å². The number of benzene rings is 1. The molecule has 0 bridgehead atoms. The summed E-state index contributed by atoms with van der Waals surface area (Å²) in [6.07, 6.45) is 7.05. The monoisotopic (exact) mass is 408 g/mol. The number of nitrogens with zero attached hydrogens (tertiary/aromatic N) is 3. The van der Waals surface area contributed by atoms with Crippen molar-refractivity contribution in [2.45, 2.75) is 25.5 Å². The summed E-state index contributed by atoms with van der Waals surface area (Å²) in [5.74, 6) is -0.845. The number of likely N-dealkylation sites (tertiary alicyclic amines) is 1. The largest absolute Gasteiger partial charge is 0.493 e. The van der Waals surface area contributed by atoms with Gasteiger partial charge in [-0.2, -0.15) is 8.78 Å². The van der Waals surface area contributed by atoms with Crippen LogP contribution >= 0.6 is 0 Å². The van der Waals surface area contributed by atoms with Gasteiger partial charge in [0.1, 0.15) is 0 Å². The van der Waals surface area contributed by atoms with Crippen molar-refractivity contribution in [1.29, 1.82) is 0 Å². The minimum Gasteiger partial charge on any atom is -0.493 e. The van der Waals surface area contributed by atoms with Gasteiger partial charge in [-0.1, -0.05) is 0 Å². The number of alkyl halides is 2. The Morgan fingerprint density at radius 3 is 2.66 bits per heavy atom. The number of methoxy groups -OCH3 is 1. The van der Waals surface area contributed by atoms with Crippen molar-refractivity contribution < 1.29 is 27.8 Å². The van der Waals surface area contributed by atoms with Crippen LogP contribution in [0, 0.1) is 0 Å². The topological polar surface area (TPSA) is 85.7 Å². The molecular weight excluding hydrogens is 386 g/mol. The van der Waals surface area contributed by atoms with Gasteiger partial charge in [-0.15, -0.1) is 0 Å². The lowest BCUT2D eigenvalue weighted by atomic mass is 10.0. The van der Waals surface area contributed by atoms with Gasteiger partial charge < -0.3 is 24.3 Å². The van der Waals surface area contributed by atoms with Crippen molar-refractivity contribution in [1.82, 2.24) is 19.8 Å². The van der Waals surface area contributed by atoms with Crippen LogP contribution < -0.4 is 14.8 Å². The summed E-state index contributed by atoms with van der Waals surface area (Å²) in [7, 11) is 1.28. The summed E-state index contributed by atoms with van der Waals surface area (Å²) in [6.45, 7) is -1.94. The molecule has 1 aliphatic heterocycles. The highest BCUT2D eigenvalue weighted by atomic mass is 19.3. The number of hydrogen-bond donors (Lipinski definition) is 1. The predicted octanol–water partition coefficient (Wildman–Crippen LogP) is 2.09. The standard InChI is InChI=1S/C19H22F2N4O4/c1-28-16-10-13(2-3-15(16)29-19(20)21)18(27)23-11-17(26)24-7-4-14(5-8-24)25-9-6-22-12-25/h2-3,6,9-10,12,14,19H,4-5,7-8,11H2,1H3,(H,23,27). The first-order chi connectivity index (χ1) is 14.0. The van der Waals surface area contributed by atoms with Crippen LogP contribution in [0.1, 0.15) is 29.2 Å². The van der Waals surface area contributed by atoms with Crippen LogP contribution in [0.15, 0.2) is 36.9 Å². The second-order valence-corrected chi connectivity index (χ2v) is 6.55. The third-order valence-corrected chi connectivity index (χ3v) is 4.81. The molecule has 1 saturated heterocycles. The molecule has 0 saturated carbocycles. The van der Waals surface area contributed by atoms with E-state index in [0.717, 1.165) is 12.8 Å². The average Bonchev–Trinajstić information content (AvgIpc) is 3.26. The molecule has 0 unspecified atom stereocenters. The number of piperidine rings is 1. The zero-order valence-electron chi connectivity index (χ0n) is 15.9. The Kier molecular flexibility index (Phi) is 6.63. The van der Waals surface area contributed by atoms with E-state index in [1.54, 1.807) is 17.4 Å². The first kappa shape index (κ1) is 20.6. The van der Waals surface area contributed by atoms with Crippen molar-refractivity contribution in [2.24, 2.45) is 0 Å². The van der Waals surface area contributed by atoms with E-state index in [9.17, 15) is 18.4 Å². The van der Waals surface area contributed by atoms with Crippen molar-refractivity contribution in [3.8, 4) is 11.5 Å². The fourth-order valence-corrected chi connectivity index (χ4v) is 3.27. The van der Waals surface area contributed by atoms with Gasteiger partial charge in [0.05, 0.1) is 20.0 Å². The summed E-state index contributed by atoms with van der Waals surface area (Å²) in [6, 6.07) is 4.16. The molecule has 3 rings (SSSR count). The van der Waals surface area contributed by atoms with E-state index in [0.29, 0.717) is 19.1 Å². The number of carbonyl (C=O) groups excluding carboxylic acids is 2. The van der Waals surface area contributed by atoms with Gasteiger partial charge in [0.25, 0.3) is 5.91 Å². The maximum Gasteiger partial charge on any atom is 0.387 e. The molecule has 0 aliphatic carbocycles. The molecule has 0 atom stereocenters. The molecule has 1 aromatic carbocycles. The molecule has 1 N–H and O–H groups in total. The van der Waals surface area contributed by atoms with E-state index >= 15 is 0 Å². The normalized spacial score (nSPS) is 14.7. The maximum atomic E-state index is 12.4. The lowest BCUT2D eigenvalue weighted by Gasteiger charge is -2.32. The summed E-state index contributed by atoms with van der Waals surface area (Å²) in [5, 5.41) is 2.56. The number of rotatable bonds is 7. The van der Waals surface area contributed by atoms with Gasteiger partial charge in [0.15, 0.2) is 11.5 Å². The summed E-state index contributed by atoms with van der Waals surface area (Å²) in [5.41, 5.74) is 0.176. The van der Waals surface area contributed by atoms with Crippen LogP contribution in [0.25, 0.3) is 0 Å². The number of aromatic nitrogens is 2. The van der Waals surface area contributed by atoms with E-state index in [1.807, 2.05) is 10.8 Å². The number of imidazole rings is 1. The highest BCUT2D eigenvalue weighted by Gasteiger charge is 2.24. The summed E-state index contributed by atoms with van der Waals surface area (Å²) < 4.78 is 36.1. The second-order valence-electron chi connectivity index (χ2n) is 6.55.